The van der Waals surface area contributed by atoms with Crippen LogP contribution in [0.4, 0.5) is 0 Å². The highest BCUT2D eigenvalue weighted by Crippen LogP contribution is 2.28. The molecule has 0 saturated heterocycles. The summed E-state index contributed by atoms with van der Waals surface area (Å²) in [5.74, 6) is 0.516. The van der Waals surface area contributed by atoms with Gasteiger partial charge in [0.25, 0.3) is 5.91 Å². The molecule has 1 amide bonds. The number of thiophene rings is 1. The van der Waals surface area contributed by atoms with E-state index < -0.39 is 0 Å². The second-order valence-corrected chi connectivity index (χ2v) is 7.45. The summed E-state index contributed by atoms with van der Waals surface area (Å²) in [5, 5.41) is 4.93. The third kappa shape index (κ3) is 3.31. The summed E-state index contributed by atoms with van der Waals surface area (Å²) in [6.45, 7) is 6.34. The fraction of sp³-hybridized carbons (Fsp3) is 0.467. The van der Waals surface area contributed by atoms with Crippen molar-refractivity contribution in [3.8, 4) is 0 Å². The fourth-order valence-corrected chi connectivity index (χ4v) is 3.86. The number of hydrogen-bond donors (Lipinski definition) is 1. The normalized spacial score (nSPS) is 11.8. The Balaban J connectivity index is 1.52. The maximum Gasteiger partial charge on any atom is 0.261 e. The number of ether oxygens (including phenoxy) is 1. The van der Waals surface area contributed by atoms with E-state index in [1.165, 1.54) is 11.3 Å². The number of aromatic nitrogens is 2. The zero-order chi connectivity index (χ0) is 15.5. The van der Waals surface area contributed by atoms with E-state index in [4.69, 9.17) is 4.74 Å². The van der Waals surface area contributed by atoms with Gasteiger partial charge in [-0.25, -0.2) is 4.98 Å². The maximum absolute atomic E-state index is 12.2. The average molecular weight is 337 g/mol. The van der Waals surface area contributed by atoms with Crippen LogP contribution in [0.5, 0.6) is 0 Å². The smallest absolute Gasteiger partial charge is 0.261 e. The molecule has 0 saturated carbocycles. The van der Waals surface area contributed by atoms with Crippen molar-refractivity contribution in [3.63, 3.8) is 0 Å². The molecule has 3 aromatic rings. The molecule has 0 spiro atoms. The lowest BCUT2D eigenvalue weighted by molar-refractivity contribution is 0.0928. The lowest BCUT2D eigenvalue weighted by Gasteiger charge is -2.07. The first-order valence-electron chi connectivity index (χ1n) is 7.36. The number of hydrogen-bond acceptors (Lipinski definition) is 5. The molecule has 3 heterocycles. The van der Waals surface area contributed by atoms with Crippen LogP contribution in [0.3, 0.4) is 0 Å². The maximum atomic E-state index is 12.2. The highest BCUT2D eigenvalue weighted by Gasteiger charge is 2.14. The standard InChI is InChI=1S/C15H19N3O2S2/c1-10(2)9-20-6-3-4-16-13(19)12-8-11-14(22-12)17-15-18(11)5-7-21-15/h5,7-8,10H,3-4,6,9H2,1-2H3,(H,16,19). The summed E-state index contributed by atoms with van der Waals surface area (Å²) < 4.78 is 7.52. The van der Waals surface area contributed by atoms with Crippen molar-refractivity contribution < 1.29 is 9.53 Å². The van der Waals surface area contributed by atoms with Crippen LogP contribution in [0.25, 0.3) is 15.3 Å². The molecule has 0 aliphatic rings. The van der Waals surface area contributed by atoms with Crippen LogP contribution >= 0.6 is 22.7 Å². The third-order valence-corrected chi connectivity index (χ3v) is 4.94. The van der Waals surface area contributed by atoms with Gasteiger partial charge >= 0.3 is 0 Å². The van der Waals surface area contributed by atoms with Gasteiger partial charge in [-0.1, -0.05) is 13.8 Å². The second kappa shape index (κ2) is 6.76. The van der Waals surface area contributed by atoms with Crippen LogP contribution in [0.1, 0.15) is 29.9 Å². The molecule has 0 atom stereocenters. The minimum atomic E-state index is -0.0316. The molecular weight excluding hydrogens is 318 g/mol. The Morgan fingerprint density at radius 3 is 3.18 bits per heavy atom. The molecule has 1 N–H and O–H groups in total. The van der Waals surface area contributed by atoms with E-state index >= 15 is 0 Å². The molecule has 0 unspecified atom stereocenters. The van der Waals surface area contributed by atoms with Crippen molar-refractivity contribution in [1.82, 2.24) is 14.7 Å². The van der Waals surface area contributed by atoms with Gasteiger partial charge in [-0.15, -0.1) is 22.7 Å². The van der Waals surface area contributed by atoms with Crippen molar-refractivity contribution in [3.05, 3.63) is 22.5 Å². The second-order valence-electron chi connectivity index (χ2n) is 5.55. The molecular formula is C15H19N3O2S2. The number of thiazole rings is 1. The van der Waals surface area contributed by atoms with Crippen molar-refractivity contribution in [1.29, 1.82) is 0 Å². The molecule has 5 nitrogen and oxygen atoms in total. The molecule has 118 valence electrons. The molecule has 22 heavy (non-hydrogen) atoms. The highest BCUT2D eigenvalue weighted by molar-refractivity contribution is 7.21. The molecule has 0 aliphatic carbocycles. The number of amides is 1. The molecule has 0 bridgehead atoms. The number of nitrogens with one attached hydrogen (secondary N) is 1. The van der Waals surface area contributed by atoms with Gasteiger partial charge in [-0.2, -0.15) is 0 Å². The Kier molecular flexibility index (Phi) is 4.75. The lowest BCUT2D eigenvalue weighted by atomic mass is 10.2. The van der Waals surface area contributed by atoms with Crippen LogP contribution in [-0.2, 0) is 4.74 Å². The number of rotatable bonds is 7. The van der Waals surface area contributed by atoms with Crippen molar-refractivity contribution in [2.24, 2.45) is 5.92 Å². The van der Waals surface area contributed by atoms with Crippen molar-refractivity contribution in [2.75, 3.05) is 19.8 Å². The average Bonchev–Trinajstić information content (AvgIpc) is 3.13. The van der Waals surface area contributed by atoms with E-state index in [2.05, 4.69) is 24.1 Å². The quantitative estimate of drug-likeness (QED) is 0.672. The number of carbonyl (C=O) groups is 1. The van der Waals surface area contributed by atoms with Crippen molar-refractivity contribution in [2.45, 2.75) is 20.3 Å². The van der Waals surface area contributed by atoms with Crippen LogP contribution in [0, 0.1) is 5.92 Å². The number of carbonyl (C=O) groups excluding carboxylic acids is 1. The van der Waals surface area contributed by atoms with Gasteiger partial charge < -0.3 is 10.1 Å². The summed E-state index contributed by atoms with van der Waals surface area (Å²) in [6, 6.07) is 1.91. The van der Waals surface area contributed by atoms with Crippen LogP contribution < -0.4 is 5.32 Å². The number of fused-ring (bicyclic) bond motifs is 3. The van der Waals surface area contributed by atoms with Gasteiger partial charge in [0.1, 0.15) is 4.83 Å². The van der Waals surface area contributed by atoms with E-state index in [0.29, 0.717) is 23.9 Å². The summed E-state index contributed by atoms with van der Waals surface area (Å²) in [5.41, 5.74) is 1.01. The first kappa shape index (κ1) is 15.5. The molecule has 0 aromatic carbocycles. The summed E-state index contributed by atoms with van der Waals surface area (Å²) in [6.07, 6.45) is 2.81. The van der Waals surface area contributed by atoms with Crippen LogP contribution in [0.15, 0.2) is 17.6 Å². The zero-order valence-corrected chi connectivity index (χ0v) is 14.3. The molecule has 7 heteroatoms. The van der Waals surface area contributed by atoms with Gasteiger partial charge in [0, 0.05) is 31.3 Å². The number of imidazole rings is 1. The Hall–Kier alpha value is -1.44. The fourth-order valence-electron chi connectivity index (χ4n) is 2.14. The third-order valence-electron chi connectivity index (χ3n) is 3.17. The topological polar surface area (TPSA) is 55.6 Å². The molecule has 0 aliphatic heterocycles. The summed E-state index contributed by atoms with van der Waals surface area (Å²) in [4.78, 5) is 19.3. The lowest BCUT2D eigenvalue weighted by Crippen LogP contribution is -2.24. The molecule has 3 rings (SSSR count). The van der Waals surface area contributed by atoms with Gasteiger partial charge in [-0.05, 0) is 18.4 Å². The van der Waals surface area contributed by atoms with Crippen LogP contribution in [0.2, 0.25) is 0 Å². The Labute approximate surface area is 136 Å². The predicted molar refractivity (Wildman–Crippen MR) is 91.1 cm³/mol. The number of nitrogens with zero attached hydrogens (tertiary/aromatic N) is 2. The van der Waals surface area contributed by atoms with Crippen molar-refractivity contribution >= 4 is 43.9 Å². The predicted octanol–water partition coefficient (Wildman–Crippen LogP) is 3.40. The van der Waals surface area contributed by atoms with Crippen LogP contribution in [-0.4, -0.2) is 35.1 Å². The largest absolute Gasteiger partial charge is 0.381 e. The van der Waals surface area contributed by atoms with Gasteiger partial charge in [0.2, 0.25) is 0 Å². The summed E-state index contributed by atoms with van der Waals surface area (Å²) in [7, 11) is 0. The Morgan fingerprint density at radius 2 is 2.36 bits per heavy atom. The van der Waals surface area contributed by atoms with Gasteiger partial charge in [0.15, 0.2) is 4.96 Å². The van der Waals surface area contributed by atoms with E-state index in [-0.39, 0.29) is 5.91 Å². The van der Waals surface area contributed by atoms with E-state index in [9.17, 15) is 4.79 Å². The monoisotopic (exact) mass is 337 g/mol. The Bertz CT molecular complexity index is 772. The SMILES string of the molecule is CC(C)COCCCNC(=O)c1cc2c(nc3sccn32)s1. The van der Waals surface area contributed by atoms with Gasteiger partial charge in [-0.3, -0.25) is 9.20 Å². The van der Waals surface area contributed by atoms with E-state index in [1.807, 2.05) is 22.0 Å². The van der Waals surface area contributed by atoms with E-state index in [1.54, 1.807) is 11.3 Å². The minimum absolute atomic E-state index is 0.0316. The van der Waals surface area contributed by atoms with E-state index in [0.717, 1.165) is 28.3 Å². The molecule has 0 radical (unpaired) electrons. The van der Waals surface area contributed by atoms with Gasteiger partial charge in [0.05, 0.1) is 10.4 Å². The highest BCUT2D eigenvalue weighted by atomic mass is 32.1. The first-order valence-corrected chi connectivity index (χ1v) is 9.06. The minimum Gasteiger partial charge on any atom is -0.381 e. The molecule has 0 fully saturated rings. The Morgan fingerprint density at radius 1 is 1.50 bits per heavy atom. The summed E-state index contributed by atoms with van der Waals surface area (Å²) >= 11 is 3.04. The zero-order valence-electron chi connectivity index (χ0n) is 12.7. The first-order chi connectivity index (χ1) is 10.6. The molecule has 3 aromatic heterocycles.